The van der Waals surface area contributed by atoms with E-state index in [-0.39, 0.29) is 18.5 Å². The molecule has 140 valence electrons. The number of hydrogen-bond acceptors (Lipinski definition) is 5. The first-order valence-corrected chi connectivity index (χ1v) is 8.78. The number of carbonyl (C=O) groups is 2. The molecule has 0 saturated carbocycles. The largest absolute Gasteiger partial charge is 0.444 e. The molecule has 2 rings (SSSR count). The summed E-state index contributed by atoms with van der Waals surface area (Å²) in [4.78, 5) is 28.2. The summed E-state index contributed by atoms with van der Waals surface area (Å²) >= 11 is 0. The zero-order chi connectivity index (χ0) is 19.2. The standard InChI is InChI=1S/C19H26N4O3/c1-19(2,3)26-18(25)23-10-6-9-22(11-12-23)14-17(24)21-16-8-5-4-7-15(16)13-20/h4-5,7-8H,6,9-12,14H2,1-3H3,(H,21,24). The molecule has 0 unspecified atom stereocenters. The number of nitrogens with one attached hydrogen (secondary N) is 1. The smallest absolute Gasteiger partial charge is 0.410 e. The zero-order valence-corrected chi connectivity index (χ0v) is 15.6. The molecule has 0 radical (unpaired) electrons. The third-order valence-corrected chi connectivity index (χ3v) is 3.93. The van der Waals surface area contributed by atoms with Crippen molar-refractivity contribution in [1.29, 1.82) is 5.26 Å². The molecule has 1 aromatic rings. The van der Waals surface area contributed by atoms with Gasteiger partial charge in [0.1, 0.15) is 11.7 Å². The number of rotatable bonds is 3. The van der Waals surface area contributed by atoms with Crippen LogP contribution in [0.15, 0.2) is 24.3 Å². The fraction of sp³-hybridized carbons (Fsp3) is 0.526. The molecule has 7 heteroatoms. The summed E-state index contributed by atoms with van der Waals surface area (Å²) in [6.07, 6.45) is 0.466. The van der Waals surface area contributed by atoms with Crippen LogP contribution in [0.5, 0.6) is 0 Å². The van der Waals surface area contributed by atoms with Crippen LogP contribution in [0.3, 0.4) is 0 Å². The minimum Gasteiger partial charge on any atom is -0.444 e. The van der Waals surface area contributed by atoms with Gasteiger partial charge in [-0.15, -0.1) is 0 Å². The van der Waals surface area contributed by atoms with Gasteiger partial charge in [-0.3, -0.25) is 9.69 Å². The lowest BCUT2D eigenvalue weighted by molar-refractivity contribution is -0.117. The molecule has 1 N–H and O–H groups in total. The van der Waals surface area contributed by atoms with E-state index >= 15 is 0 Å². The molecule has 0 spiro atoms. The maximum atomic E-state index is 12.3. The normalized spacial score (nSPS) is 15.7. The number of hydrogen-bond donors (Lipinski definition) is 1. The van der Waals surface area contributed by atoms with Crippen LogP contribution in [-0.4, -0.2) is 60.1 Å². The Hall–Kier alpha value is -2.59. The van der Waals surface area contributed by atoms with Gasteiger partial charge in [0, 0.05) is 26.2 Å². The lowest BCUT2D eigenvalue weighted by Crippen LogP contribution is -2.40. The third kappa shape index (κ3) is 6.05. The first kappa shape index (κ1) is 19.7. The molecule has 1 heterocycles. The molecule has 7 nitrogen and oxygen atoms in total. The molecule has 1 aromatic carbocycles. The van der Waals surface area contributed by atoms with Gasteiger partial charge < -0.3 is 15.0 Å². The maximum absolute atomic E-state index is 12.3. The number of para-hydroxylation sites is 1. The Labute approximate surface area is 154 Å². The SMILES string of the molecule is CC(C)(C)OC(=O)N1CCCN(CC(=O)Nc2ccccc2C#N)CC1. The Morgan fingerprint density at radius 1 is 1.19 bits per heavy atom. The lowest BCUT2D eigenvalue weighted by atomic mass is 10.2. The second kappa shape index (κ2) is 8.68. The van der Waals surface area contributed by atoms with Crippen molar-refractivity contribution in [1.82, 2.24) is 9.80 Å². The van der Waals surface area contributed by atoms with E-state index < -0.39 is 5.60 Å². The van der Waals surface area contributed by atoms with Crippen LogP contribution < -0.4 is 5.32 Å². The summed E-state index contributed by atoms with van der Waals surface area (Å²) < 4.78 is 5.41. The summed E-state index contributed by atoms with van der Waals surface area (Å²) in [5.41, 5.74) is 0.440. The van der Waals surface area contributed by atoms with Gasteiger partial charge in [0.15, 0.2) is 0 Å². The number of carbonyl (C=O) groups excluding carboxylic acids is 2. The highest BCUT2D eigenvalue weighted by Crippen LogP contribution is 2.14. The van der Waals surface area contributed by atoms with Crippen molar-refractivity contribution in [3.8, 4) is 6.07 Å². The molecule has 26 heavy (non-hydrogen) atoms. The number of amides is 2. The lowest BCUT2D eigenvalue weighted by Gasteiger charge is -2.26. The van der Waals surface area contributed by atoms with Gasteiger partial charge in [-0.1, -0.05) is 12.1 Å². The van der Waals surface area contributed by atoms with Crippen molar-refractivity contribution < 1.29 is 14.3 Å². The molecule has 2 amide bonds. The van der Waals surface area contributed by atoms with Gasteiger partial charge in [-0.05, 0) is 39.3 Å². The zero-order valence-electron chi connectivity index (χ0n) is 15.6. The molecule has 0 aromatic heterocycles. The molecule has 1 aliphatic rings. The van der Waals surface area contributed by atoms with Crippen molar-refractivity contribution in [2.75, 3.05) is 38.0 Å². The number of ether oxygens (including phenoxy) is 1. The molecule has 0 atom stereocenters. The van der Waals surface area contributed by atoms with Crippen LogP contribution in [0.4, 0.5) is 10.5 Å². The molecule has 1 saturated heterocycles. The topological polar surface area (TPSA) is 85.7 Å². The number of nitriles is 1. The molecule has 1 fully saturated rings. The first-order valence-electron chi connectivity index (χ1n) is 8.78. The van der Waals surface area contributed by atoms with Crippen LogP contribution >= 0.6 is 0 Å². The van der Waals surface area contributed by atoms with Crippen molar-refractivity contribution >= 4 is 17.7 Å². The Balaban J connectivity index is 1.86. The fourth-order valence-electron chi connectivity index (χ4n) is 2.72. The summed E-state index contributed by atoms with van der Waals surface area (Å²) in [6, 6.07) is 8.98. The van der Waals surface area contributed by atoms with Crippen LogP contribution in [0.1, 0.15) is 32.8 Å². The van der Waals surface area contributed by atoms with Crippen LogP contribution in [0.2, 0.25) is 0 Å². The summed E-state index contributed by atoms with van der Waals surface area (Å²) in [6.45, 7) is 8.23. The van der Waals surface area contributed by atoms with Gasteiger partial charge in [0.05, 0.1) is 17.8 Å². The average molecular weight is 358 g/mol. The highest BCUT2D eigenvalue weighted by Gasteiger charge is 2.25. The Kier molecular flexibility index (Phi) is 6.58. The van der Waals surface area contributed by atoms with E-state index in [2.05, 4.69) is 11.4 Å². The van der Waals surface area contributed by atoms with Crippen molar-refractivity contribution in [2.24, 2.45) is 0 Å². The predicted octanol–water partition coefficient (Wildman–Crippen LogP) is 2.44. The molecule has 0 bridgehead atoms. The second-order valence-electron chi connectivity index (χ2n) is 7.30. The number of nitrogens with zero attached hydrogens (tertiary/aromatic N) is 3. The van der Waals surface area contributed by atoms with E-state index in [1.165, 1.54) is 0 Å². The van der Waals surface area contributed by atoms with Gasteiger partial charge in [0.25, 0.3) is 0 Å². The Morgan fingerprint density at radius 3 is 2.62 bits per heavy atom. The highest BCUT2D eigenvalue weighted by molar-refractivity contribution is 5.93. The van der Waals surface area contributed by atoms with E-state index in [1.807, 2.05) is 25.7 Å². The molecule has 0 aliphatic carbocycles. The summed E-state index contributed by atoms with van der Waals surface area (Å²) in [5.74, 6) is -0.168. The van der Waals surface area contributed by atoms with Gasteiger partial charge in [-0.2, -0.15) is 5.26 Å². The highest BCUT2D eigenvalue weighted by atomic mass is 16.6. The number of anilines is 1. The van der Waals surface area contributed by atoms with E-state index in [9.17, 15) is 9.59 Å². The summed E-state index contributed by atoms with van der Waals surface area (Å²) in [5, 5.41) is 11.9. The van der Waals surface area contributed by atoms with Crippen molar-refractivity contribution in [3.63, 3.8) is 0 Å². The van der Waals surface area contributed by atoms with Gasteiger partial charge in [0.2, 0.25) is 5.91 Å². The molecule has 1 aliphatic heterocycles. The quantitative estimate of drug-likeness (QED) is 0.897. The second-order valence-corrected chi connectivity index (χ2v) is 7.30. The predicted molar refractivity (Wildman–Crippen MR) is 98.7 cm³/mol. The van der Waals surface area contributed by atoms with E-state index in [4.69, 9.17) is 10.00 Å². The van der Waals surface area contributed by atoms with E-state index in [0.717, 1.165) is 13.0 Å². The van der Waals surface area contributed by atoms with Crippen LogP contribution in [0, 0.1) is 11.3 Å². The molecular weight excluding hydrogens is 332 g/mol. The van der Waals surface area contributed by atoms with Crippen LogP contribution in [-0.2, 0) is 9.53 Å². The maximum Gasteiger partial charge on any atom is 0.410 e. The minimum absolute atomic E-state index is 0.168. The third-order valence-electron chi connectivity index (χ3n) is 3.93. The van der Waals surface area contributed by atoms with E-state index in [0.29, 0.717) is 30.9 Å². The van der Waals surface area contributed by atoms with Gasteiger partial charge >= 0.3 is 6.09 Å². The van der Waals surface area contributed by atoms with Crippen molar-refractivity contribution in [3.05, 3.63) is 29.8 Å². The Bertz CT molecular complexity index is 691. The summed E-state index contributed by atoms with van der Waals surface area (Å²) in [7, 11) is 0. The average Bonchev–Trinajstić information content (AvgIpc) is 2.79. The van der Waals surface area contributed by atoms with Crippen LogP contribution in [0.25, 0.3) is 0 Å². The minimum atomic E-state index is -0.517. The molecular formula is C19H26N4O3. The fourth-order valence-corrected chi connectivity index (χ4v) is 2.72. The van der Waals surface area contributed by atoms with E-state index in [1.54, 1.807) is 29.2 Å². The Morgan fingerprint density at radius 2 is 1.92 bits per heavy atom. The monoisotopic (exact) mass is 358 g/mol. The first-order chi connectivity index (χ1) is 12.3. The van der Waals surface area contributed by atoms with Gasteiger partial charge in [-0.25, -0.2) is 4.79 Å². The number of benzene rings is 1. The van der Waals surface area contributed by atoms with Crippen molar-refractivity contribution in [2.45, 2.75) is 32.8 Å².